The number of carboxylic acid groups (broad SMARTS) is 1. The summed E-state index contributed by atoms with van der Waals surface area (Å²) < 4.78 is 7.44. The second-order valence-electron chi connectivity index (χ2n) is 5.24. The second kappa shape index (κ2) is 5.64. The molecule has 0 spiro atoms. The topological polar surface area (TPSA) is 90.1 Å². The third-order valence-corrected chi connectivity index (χ3v) is 3.70. The van der Waals surface area contributed by atoms with E-state index < -0.39 is 11.6 Å². The van der Waals surface area contributed by atoms with Crippen molar-refractivity contribution < 1.29 is 14.6 Å². The van der Waals surface area contributed by atoms with Crippen LogP contribution in [0.5, 0.6) is 0 Å². The van der Waals surface area contributed by atoms with E-state index >= 15 is 0 Å². The zero-order valence-electron chi connectivity index (χ0n) is 11.4. The van der Waals surface area contributed by atoms with Crippen molar-refractivity contribution >= 4 is 5.97 Å². The molecule has 1 aromatic rings. The normalized spacial score (nSPS) is 24.5. The van der Waals surface area contributed by atoms with Gasteiger partial charge >= 0.3 is 5.97 Å². The molecule has 1 fully saturated rings. The van der Waals surface area contributed by atoms with E-state index in [1.54, 1.807) is 4.68 Å². The summed E-state index contributed by atoms with van der Waals surface area (Å²) in [5, 5.41) is 20.7. The molecule has 1 N–H and O–H groups in total. The van der Waals surface area contributed by atoms with Crippen molar-refractivity contribution in [3.05, 3.63) is 5.82 Å². The number of hydrogen-bond acceptors (Lipinski definition) is 5. The Labute approximate surface area is 111 Å². The van der Waals surface area contributed by atoms with E-state index in [4.69, 9.17) is 9.84 Å². The van der Waals surface area contributed by atoms with E-state index in [0.29, 0.717) is 12.4 Å². The number of carboxylic acids is 1. The lowest BCUT2D eigenvalue weighted by Crippen LogP contribution is -2.28. The van der Waals surface area contributed by atoms with Crippen LogP contribution in [0.1, 0.15) is 45.4 Å². The first-order chi connectivity index (χ1) is 9.05. The Morgan fingerprint density at radius 1 is 1.63 bits per heavy atom. The van der Waals surface area contributed by atoms with Gasteiger partial charge in [0.05, 0.1) is 0 Å². The van der Waals surface area contributed by atoms with Crippen LogP contribution in [0.4, 0.5) is 0 Å². The van der Waals surface area contributed by atoms with Gasteiger partial charge in [-0.15, -0.1) is 5.10 Å². The highest BCUT2D eigenvalue weighted by atomic mass is 16.5. The maximum Gasteiger partial charge on any atom is 0.303 e. The quantitative estimate of drug-likeness (QED) is 0.833. The maximum absolute atomic E-state index is 10.8. The van der Waals surface area contributed by atoms with Crippen molar-refractivity contribution in [2.24, 2.45) is 5.92 Å². The van der Waals surface area contributed by atoms with Gasteiger partial charge in [0.15, 0.2) is 5.82 Å². The van der Waals surface area contributed by atoms with Crippen molar-refractivity contribution in [2.45, 2.75) is 51.7 Å². The first-order valence-corrected chi connectivity index (χ1v) is 6.67. The smallest absolute Gasteiger partial charge is 0.303 e. The molecule has 0 saturated carbocycles. The standard InChI is InChI=1S/C12H20N4O3/c1-3-9(7-10(17)18)8-16-11(13-14-15-16)12(2)5-4-6-19-12/h9H,3-8H2,1-2H3,(H,17,18). The van der Waals surface area contributed by atoms with Crippen LogP contribution in [-0.4, -0.2) is 37.9 Å². The summed E-state index contributed by atoms with van der Waals surface area (Å²) in [6.45, 7) is 5.20. The number of nitrogens with zero attached hydrogens (tertiary/aromatic N) is 4. The monoisotopic (exact) mass is 268 g/mol. The first kappa shape index (κ1) is 13.9. The van der Waals surface area contributed by atoms with Gasteiger partial charge in [-0.25, -0.2) is 4.68 Å². The highest BCUT2D eigenvalue weighted by molar-refractivity contribution is 5.66. The van der Waals surface area contributed by atoms with Crippen molar-refractivity contribution in [3.8, 4) is 0 Å². The molecule has 1 aliphatic heterocycles. The predicted molar refractivity (Wildman–Crippen MR) is 66.4 cm³/mol. The Morgan fingerprint density at radius 3 is 3.00 bits per heavy atom. The molecule has 1 aliphatic rings. The fourth-order valence-corrected chi connectivity index (χ4v) is 2.49. The summed E-state index contributed by atoms with van der Waals surface area (Å²) in [7, 11) is 0. The summed E-state index contributed by atoms with van der Waals surface area (Å²) >= 11 is 0. The molecule has 0 amide bonds. The molecule has 2 atom stereocenters. The predicted octanol–water partition coefficient (Wildman–Crippen LogP) is 1.20. The fraction of sp³-hybridized carbons (Fsp3) is 0.833. The Hall–Kier alpha value is -1.50. The number of tetrazole rings is 1. The van der Waals surface area contributed by atoms with E-state index in [1.165, 1.54) is 0 Å². The summed E-state index contributed by atoms with van der Waals surface area (Å²) in [6, 6.07) is 0. The molecule has 19 heavy (non-hydrogen) atoms. The van der Waals surface area contributed by atoms with Gasteiger partial charge in [-0.3, -0.25) is 4.79 Å². The van der Waals surface area contributed by atoms with Crippen molar-refractivity contribution in [3.63, 3.8) is 0 Å². The van der Waals surface area contributed by atoms with Crippen molar-refractivity contribution in [1.29, 1.82) is 0 Å². The molecule has 7 heteroatoms. The maximum atomic E-state index is 10.8. The zero-order valence-corrected chi connectivity index (χ0v) is 11.4. The van der Waals surface area contributed by atoms with Crippen LogP contribution in [0.3, 0.4) is 0 Å². The molecule has 0 radical (unpaired) electrons. The molecular weight excluding hydrogens is 248 g/mol. The second-order valence-corrected chi connectivity index (χ2v) is 5.24. The van der Waals surface area contributed by atoms with Crippen LogP contribution < -0.4 is 0 Å². The molecular formula is C12H20N4O3. The van der Waals surface area contributed by atoms with Gasteiger partial charge in [-0.2, -0.15) is 0 Å². The lowest BCUT2D eigenvalue weighted by Gasteiger charge is -2.23. The molecule has 0 bridgehead atoms. The Bertz CT molecular complexity index is 440. The number of ether oxygens (including phenoxy) is 1. The first-order valence-electron chi connectivity index (χ1n) is 6.67. The van der Waals surface area contributed by atoms with Crippen LogP contribution in [0.15, 0.2) is 0 Å². The Kier molecular flexibility index (Phi) is 4.14. The van der Waals surface area contributed by atoms with Crippen LogP contribution in [0, 0.1) is 5.92 Å². The van der Waals surface area contributed by atoms with E-state index in [0.717, 1.165) is 25.9 Å². The average molecular weight is 268 g/mol. The summed E-state index contributed by atoms with van der Waals surface area (Å²) in [6.07, 6.45) is 2.80. The largest absolute Gasteiger partial charge is 0.481 e. The van der Waals surface area contributed by atoms with E-state index in [1.807, 2.05) is 13.8 Å². The van der Waals surface area contributed by atoms with Gasteiger partial charge in [-0.1, -0.05) is 13.3 Å². The SMILES string of the molecule is CCC(CC(=O)O)Cn1nnnc1C1(C)CCCO1. The van der Waals surface area contributed by atoms with Gasteiger partial charge in [0.25, 0.3) is 0 Å². The lowest BCUT2D eigenvalue weighted by atomic mass is 10.00. The molecule has 1 saturated heterocycles. The van der Waals surface area contributed by atoms with Crippen LogP contribution in [0.25, 0.3) is 0 Å². The summed E-state index contributed by atoms with van der Waals surface area (Å²) in [5.41, 5.74) is -0.439. The molecule has 2 unspecified atom stereocenters. The number of rotatable bonds is 6. The fourth-order valence-electron chi connectivity index (χ4n) is 2.49. The summed E-state index contributed by atoms with van der Waals surface area (Å²) in [5.74, 6) is -0.0524. The number of aliphatic carboxylic acids is 1. The molecule has 0 aromatic carbocycles. The minimum Gasteiger partial charge on any atom is -0.481 e. The van der Waals surface area contributed by atoms with Gasteiger partial charge in [-0.05, 0) is 36.1 Å². The molecule has 2 heterocycles. The van der Waals surface area contributed by atoms with E-state index in [2.05, 4.69) is 15.5 Å². The number of carbonyl (C=O) groups is 1. The molecule has 7 nitrogen and oxygen atoms in total. The Balaban J connectivity index is 2.13. The highest BCUT2D eigenvalue weighted by Crippen LogP contribution is 2.34. The van der Waals surface area contributed by atoms with Crippen molar-refractivity contribution in [1.82, 2.24) is 20.2 Å². The van der Waals surface area contributed by atoms with Crippen LogP contribution in [-0.2, 0) is 21.7 Å². The van der Waals surface area contributed by atoms with Crippen LogP contribution in [0.2, 0.25) is 0 Å². The third-order valence-electron chi connectivity index (χ3n) is 3.70. The summed E-state index contributed by atoms with van der Waals surface area (Å²) in [4.78, 5) is 10.8. The van der Waals surface area contributed by atoms with Gasteiger partial charge in [0.1, 0.15) is 5.60 Å². The van der Waals surface area contributed by atoms with Gasteiger partial charge in [0, 0.05) is 19.6 Å². The highest BCUT2D eigenvalue weighted by Gasteiger charge is 2.37. The van der Waals surface area contributed by atoms with E-state index in [9.17, 15) is 4.79 Å². The van der Waals surface area contributed by atoms with E-state index in [-0.39, 0.29) is 12.3 Å². The minimum absolute atomic E-state index is 0.0322. The zero-order chi connectivity index (χ0) is 13.9. The Morgan fingerprint density at radius 2 is 2.42 bits per heavy atom. The van der Waals surface area contributed by atoms with Gasteiger partial charge in [0.2, 0.25) is 0 Å². The van der Waals surface area contributed by atoms with Crippen LogP contribution >= 0.6 is 0 Å². The van der Waals surface area contributed by atoms with Crippen molar-refractivity contribution in [2.75, 3.05) is 6.61 Å². The average Bonchev–Trinajstić information content (AvgIpc) is 2.97. The lowest BCUT2D eigenvalue weighted by molar-refractivity contribution is -0.138. The van der Waals surface area contributed by atoms with Gasteiger partial charge < -0.3 is 9.84 Å². The number of aromatic nitrogens is 4. The molecule has 0 aliphatic carbocycles. The molecule has 2 rings (SSSR count). The number of hydrogen-bond donors (Lipinski definition) is 1. The molecule has 1 aromatic heterocycles. The molecule has 106 valence electrons. The third kappa shape index (κ3) is 3.09. The minimum atomic E-state index is -0.787.